The third kappa shape index (κ3) is 3.72. The number of ketones is 2. The summed E-state index contributed by atoms with van der Waals surface area (Å²) in [6.07, 6.45) is 13.1. The van der Waals surface area contributed by atoms with E-state index < -0.39 is 23.4 Å². The van der Waals surface area contributed by atoms with Crippen molar-refractivity contribution >= 4 is 34.6 Å². The largest absolute Gasteiger partial charge is 0.430 e. The monoisotopic (exact) mass is 590 g/mol. The highest BCUT2D eigenvalue weighted by atomic mass is 32.2. The van der Waals surface area contributed by atoms with Gasteiger partial charge in [-0.2, -0.15) is 4.98 Å². The molecule has 8 rings (SSSR count). The van der Waals surface area contributed by atoms with E-state index in [1.165, 1.54) is 11.8 Å². The number of rotatable bonds is 5. The maximum absolute atomic E-state index is 14.6. The minimum atomic E-state index is -1.14. The lowest BCUT2D eigenvalue weighted by molar-refractivity contribution is -0.205. The Hall–Kier alpha value is -2.33. The van der Waals surface area contributed by atoms with Crippen molar-refractivity contribution in [1.82, 2.24) is 9.97 Å². The quantitative estimate of drug-likeness (QED) is 0.455. The first kappa shape index (κ1) is 27.2. The Morgan fingerprint density at radius 3 is 2.86 bits per heavy atom. The number of Topliss-reactive ketones (excluding diaryl/α,β-unsaturated/α-hetero) is 1. The van der Waals surface area contributed by atoms with Crippen LogP contribution in [-0.4, -0.2) is 56.5 Å². The number of hydrogen-bond donors (Lipinski definition) is 1. The molecule has 0 radical (unpaired) electrons. The van der Waals surface area contributed by atoms with Gasteiger partial charge in [0.05, 0.1) is 18.0 Å². The molecule has 42 heavy (non-hydrogen) atoms. The number of nitrogens with zero attached hydrogens (tertiary/aromatic N) is 2. The number of allylic oxidation sites excluding steroid dienone is 4. The summed E-state index contributed by atoms with van der Waals surface area (Å²) < 4.78 is 19.6. The van der Waals surface area contributed by atoms with Gasteiger partial charge in [0.2, 0.25) is 0 Å². The number of aliphatic hydroxyl groups is 1. The molecule has 2 aromatic rings. The van der Waals surface area contributed by atoms with Gasteiger partial charge in [-0.25, -0.2) is 4.98 Å². The molecule has 0 aromatic carbocycles. The molecule has 2 aromatic heterocycles. The molecule has 7 unspecified atom stereocenters. The first-order valence-corrected chi connectivity index (χ1v) is 16.5. The molecule has 9 heteroatoms. The van der Waals surface area contributed by atoms with Crippen LogP contribution in [0.5, 0.6) is 0 Å². The molecule has 1 saturated heterocycles. The van der Waals surface area contributed by atoms with E-state index in [9.17, 15) is 14.7 Å². The number of pyridine rings is 1. The SMILES string of the molecule is CC12C=CC(=O)C=C1CCC1C2C(O)CC2(C)C1C[C@H]1OC(C3CCCC3)O[C@]12C(=O)CSc1nc2ncccc2o1. The Labute approximate surface area is 249 Å². The second-order valence-electron chi connectivity index (χ2n) is 13.9. The summed E-state index contributed by atoms with van der Waals surface area (Å²) >= 11 is 1.28. The molecular weight excluding hydrogens is 552 g/mol. The minimum Gasteiger partial charge on any atom is -0.430 e. The molecule has 222 valence electrons. The van der Waals surface area contributed by atoms with Crippen LogP contribution in [-0.2, 0) is 19.1 Å². The standard InChI is InChI=1S/C33H38N2O6S/c1-31-12-11-20(36)14-19(31)9-10-21-22-15-26-33(32(22,2)16-23(37)27(21)31,41-29(40-26)18-6-3-4-7-18)25(38)17-42-30-35-28-24(39-30)8-5-13-34-28/h5,8,11-14,18,21-23,26-27,29,37H,3-4,6-7,9-10,15-17H2,1-2H3/t21?,22?,23?,26-,27?,29?,31?,32?,33-/m1/s1. The molecule has 8 nitrogen and oxygen atoms in total. The van der Waals surface area contributed by atoms with Gasteiger partial charge in [0.25, 0.3) is 5.22 Å². The maximum Gasteiger partial charge on any atom is 0.258 e. The lowest BCUT2D eigenvalue weighted by atomic mass is 9.46. The van der Waals surface area contributed by atoms with Crippen molar-refractivity contribution in [2.24, 2.45) is 34.5 Å². The van der Waals surface area contributed by atoms with Crippen molar-refractivity contribution in [2.75, 3.05) is 5.75 Å². The minimum absolute atomic E-state index is 0.00497. The third-order valence-corrected chi connectivity index (χ3v) is 12.8. The van der Waals surface area contributed by atoms with E-state index in [0.29, 0.717) is 28.8 Å². The van der Waals surface area contributed by atoms with Crippen molar-refractivity contribution in [3.8, 4) is 0 Å². The number of carbonyl (C=O) groups is 2. The van der Waals surface area contributed by atoms with E-state index in [1.807, 2.05) is 12.1 Å². The molecule has 1 aliphatic heterocycles. The molecule has 4 saturated carbocycles. The molecule has 0 bridgehead atoms. The van der Waals surface area contributed by atoms with Crippen LogP contribution >= 0.6 is 11.8 Å². The van der Waals surface area contributed by atoms with E-state index >= 15 is 0 Å². The zero-order valence-electron chi connectivity index (χ0n) is 24.2. The summed E-state index contributed by atoms with van der Waals surface area (Å²) in [5.74, 6) is 0.807. The van der Waals surface area contributed by atoms with E-state index in [2.05, 4.69) is 23.8 Å². The van der Waals surface area contributed by atoms with Gasteiger partial charge in [0.1, 0.15) is 0 Å². The van der Waals surface area contributed by atoms with E-state index in [0.717, 1.165) is 50.5 Å². The smallest absolute Gasteiger partial charge is 0.258 e. The zero-order chi connectivity index (χ0) is 28.9. The lowest BCUT2D eigenvalue weighted by Crippen LogP contribution is -2.63. The van der Waals surface area contributed by atoms with Gasteiger partial charge in [-0.05, 0) is 74.6 Å². The van der Waals surface area contributed by atoms with Gasteiger partial charge in [-0.15, -0.1) is 0 Å². The molecule has 5 fully saturated rings. The van der Waals surface area contributed by atoms with E-state index in [4.69, 9.17) is 13.9 Å². The molecular formula is C33H38N2O6S. The fraction of sp³-hybridized carbons (Fsp3) is 0.636. The van der Waals surface area contributed by atoms with Gasteiger partial charge in [0, 0.05) is 28.9 Å². The number of aromatic nitrogens is 2. The van der Waals surface area contributed by atoms with Crippen LogP contribution in [0.15, 0.2) is 51.8 Å². The number of thioether (sulfide) groups is 1. The lowest BCUT2D eigenvalue weighted by Gasteiger charge is -2.59. The number of oxazole rings is 1. The number of hydrogen-bond acceptors (Lipinski definition) is 9. The molecule has 6 aliphatic rings. The van der Waals surface area contributed by atoms with Crippen LogP contribution in [0.3, 0.4) is 0 Å². The summed E-state index contributed by atoms with van der Waals surface area (Å²) in [4.78, 5) is 35.6. The van der Waals surface area contributed by atoms with Crippen molar-refractivity contribution in [2.45, 2.75) is 94.5 Å². The van der Waals surface area contributed by atoms with Crippen molar-refractivity contribution in [1.29, 1.82) is 0 Å². The highest BCUT2D eigenvalue weighted by Gasteiger charge is 2.76. The van der Waals surface area contributed by atoms with Crippen molar-refractivity contribution in [3.05, 3.63) is 42.1 Å². The predicted molar refractivity (Wildman–Crippen MR) is 155 cm³/mol. The Kier molecular flexibility index (Phi) is 6.21. The average Bonchev–Trinajstić information content (AvgIpc) is 3.75. The van der Waals surface area contributed by atoms with Crippen molar-refractivity contribution < 1.29 is 28.6 Å². The molecule has 0 amide bonds. The fourth-order valence-electron chi connectivity index (χ4n) is 10.1. The Balaban J connectivity index is 1.14. The first-order chi connectivity index (χ1) is 20.2. The second kappa shape index (κ2) is 9.58. The predicted octanol–water partition coefficient (Wildman–Crippen LogP) is 5.44. The molecule has 5 aliphatic carbocycles. The number of carbonyl (C=O) groups excluding carboxylic acids is 2. The van der Waals surface area contributed by atoms with E-state index in [1.54, 1.807) is 24.4 Å². The highest BCUT2D eigenvalue weighted by molar-refractivity contribution is 7.99. The Morgan fingerprint density at radius 2 is 2.05 bits per heavy atom. The summed E-state index contributed by atoms with van der Waals surface area (Å²) in [5.41, 5.74) is 0.161. The second-order valence-corrected chi connectivity index (χ2v) is 14.8. The maximum atomic E-state index is 14.6. The zero-order valence-corrected chi connectivity index (χ0v) is 25.0. The van der Waals surface area contributed by atoms with Crippen LogP contribution in [0.25, 0.3) is 11.2 Å². The van der Waals surface area contributed by atoms with Crippen LogP contribution in [0, 0.1) is 34.5 Å². The number of ether oxygens (including phenoxy) is 2. The van der Waals surface area contributed by atoms with E-state index in [-0.39, 0.29) is 46.6 Å². The van der Waals surface area contributed by atoms with Gasteiger partial charge < -0.3 is 19.0 Å². The van der Waals surface area contributed by atoms with Crippen molar-refractivity contribution in [3.63, 3.8) is 0 Å². The Bertz CT molecular complexity index is 1480. The summed E-state index contributed by atoms with van der Waals surface area (Å²) in [6, 6.07) is 3.62. The van der Waals surface area contributed by atoms with Gasteiger partial charge in [-0.3, -0.25) is 9.59 Å². The fourth-order valence-corrected chi connectivity index (χ4v) is 10.8. The van der Waals surface area contributed by atoms with Crippen LogP contribution < -0.4 is 0 Å². The van der Waals surface area contributed by atoms with Crippen LogP contribution in [0.1, 0.15) is 65.2 Å². The molecule has 9 atom stereocenters. The highest BCUT2D eigenvalue weighted by Crippen LogP contribution is 2.70. The summed E-state index contributed by atoms with van der Waals surface area (Å²) in [5, 5.41) is 12.4. The first-order valence-electron chi connectivity index (χ1n) is 15.6. The Morgan fingerprint density at radius 1 is 1.21 bits per heavy atom. The normalized spacial score (nSPS) is 42.7. The number of aliphatic hydroxyl groups excluding tert-OH is 1. The molecule has 3 heterocycles. The van der Waals surface area contributed by atoms with Crippen LogP contribution in [0.2, 0.25) is 0 Å². The van der Waals surface area contributed by atoms with Gasteiger partial charge in [0.15, 0.2) is 34.7 Å². The summed E-state index contributed by atoms with van der Waals surface area (Å²) in [7, 11) is 0. The number of fused-ring (bicyclic) bond motifs is 8. The summed E-state index contributed by atoms with van der Waals surface area (Å²) in [6.45, 7) is 4.35. The van der Waals surface area contributed by atoms with Gasteiger partial charge >= 0.3 is 0 Å². The molecule has 0 spiro atoms. The topological polar surface area (TPSA) is 112 Å². The average molecular weight is 591 g/mol. The third-order valence-electron chi connectivity index (χ3n) is 11.9. The van der Waals surface area contributed by atoms with Gasteiger partial charge in [-0.1, -0.05) is 50.1 Å². The molecule has 1 N–H and O–H groups in total. The van der Waals surface area contributed by atoms with Crippen LogP contribution in [0.4, 0.5) is 0 Å².